The van der Waals surface area contributed by atoms with Gasteiger partial charge in [-0.25, -0.2) is 0 Å². The van der Waals surface area contributed by atoms with Crippen molar-refractivity contribution in [3.63, 3.8) is 0 Å². The Morgan fingerprint density at radius 3 is 1.70 bits per heavy atom. The predicted octanol–water partition coefficient (Wildman–Crippen LogP) is 1.13. The minimum atomic E-state index is -0.594. The van der Waals surface area contributed by atoms with E-state index in [0.29, 0.717) is 6.54 Å². The van der Waals surface area contributed by atoms with Crippen LogP contribution < -0.4 is 5.73 Å². The molecule has 0 atom stereocenters. The summed E-state index contributed by atoms with van der Waals surface area (Å²) in [4.78, 5) is 0. The summed E-state index contributed by atoms with van der Waals surface area (Å²) in [6, 6.07) is 0. The fourth-order valence-corrected chi connectivity index (χ4v) is 1.24. The Balaban J connectivity index is 3.89. The van der Waals surface area contributed by atoms with Crippen molar-refractivity contribution in [2.45, 2.75) is 39.7 Å². The van der Waals surface area contributed by atoms with Gasteiger partial charge in [-0.3, -0.25) is 0 Å². The van der Waals surface area contributed by atoms with E-state index in [1.807, 2.05) is 13.8 Å². The minimum Gasteiger partial charge on any atom is -0.390 e. The summed E-state index contributed by atoms with van der Waals surface area (Å²) in [6.07, 6.45) is 0.747. The molecule has 0 unspecified atom stereocenters. The van der Waals surface area contributed by atoms with E-state index in [1.54, 1.807) is 0 Å². The highest BCUT2D eigenvalue weighted by Gasteiger charge is 2.25. The first-order valence-electron chi connectivity index (χ1n) is 3.69. The van der Waals surface area contributed by atoms with Gasteiger partial charge in [0.05, 0.1) is 5.60 Å². The van der Waals surface area contributed by atoms with E-state index < -0.39 is 5.60 Å². The monoisotopic (exact) mass is 145 g/mol. The van der Waals surface area contributed by atoms with Crippen LogP contribution in [0, 0.1) is 5.41 Å². The molecule has 2 heteroatoms. The number of rotatable bonds is 3. The second-order valence-corrected chi connectivity index (χ2v) is 4.36. The van der Waals surface area contributed by atoms with E-state index in [-0.39, 0.29) is 5.41 Å². The van der Waals surface area contributed by atoms with Crippen molar-refractivity contribution in [3.8, 4) is 0 Å². The predicted molar refractivity (Wildman–Crippen MR) is 43.8 cm³/mol. The maximum absolute atomic E-state index is 9.43. The van der Waals surface area contributed by atoms with Gasteiger partial charge in [-0.1, -0.05) is 13.8 Å². The van der Waals surface area contributed by atoms with E-state index in [1.165, 1.54) is 0 Å². The van der Waals surface area contributed by atoms with Crippen LogP contribution in [0.25, 0.3) is 0 Å². The SMILES string of the molecule is CC(C)(O)CC(C)(C)CN. The molecular weight excluding hydrogens is 126 g/mol. The van der Waals surface area contributed by atoms with Crippen LogP contribution in [0.5, 0.6) is 0 Å². The molecule has 2 nitrogen and oxygen atoms in total. The van der Waals surface area contributed by atoms with E-state index in [9.17, 15) is 5.11 Å². The van der Waals surface area contributed by atoms with Crippen molar-refractivity contribution in [2.75, 3.05) is 6.54 Å². The van der Waals surface area contributed by atoms with Gasteiger partial charge in [-0.05, 0) is 32.2 Å². The molecule has 0 aromatic rings. The van der Waals surface area contributed by atoms with Gasteiger partial charge in [0.1, 0.15) is 0 Å². The number of hydrogen-bond donors (Lipinski definition) is 2. The first kappa shape index (κ1) is 9.92. The summed E-state index contributed by atoms with van der Waals surface area (Å²) >= 11 is 0. The molecule has 0 heterocycles. The van der Waals surface area contributed by atoms with Crippen LogP contribution in [-0.2, 0) is 0 Å². The third kappa shape index (κ3) is 4.77. The maximum Gasteiger partial charge on any atom is 0.0597 e. The second kappa shape index (κ2) is 2.89. The number of aliphatic hydroxyl groups is 1. The Morgan fingerprint density at radius 2 is 1.60 bits per heavy atom. The van der Waals surface area contributed by atoms with Crippen LogP contribution in [0.2, 0.25) is 0 Å². The van der Waals surface area contributed by atoms with Crippen molar-refractivity contribution in [2.24, 2.45) is 11.1 Å². The van der Waals surface area contributed by atoms with Crippen LogP contribution in [0.3, 0.4) is 0 Å². The average Bonchev–Trinajstić information content (AvgIpc) is 1.60. The van der Waals surface area contributed by atoms with Crippen molar-refractivity contribution in [1.29, 1.82) is 0 Å². The Kier molecular flexibility index (Phi) is 2.86. The summed E-state index contributed by atoms with van der Waals surface area (Å²) in [5.74, 6) is 0. The first-order valence-corrected chi connectivity index (χ1v) is 3.69. The standard InChI is InChI=1S/C8H19NO/c1-7(2,6-9)5-8(3,4)10/h10H,5-6,9H2,1-4H3. The molecular formula is C8H19NO. The lowest BCUT2D eigenvalue weighted by atomic mass is 9.82. The molecule has 0 aliphatic heterocycles. The quantitative estimate of drug-likeness (QED) is 0.625. The fourth-order valence-electron chi connectivity index (χ4n) is 1.24. The van der Waals surface area contributed by atoms with E-state index in [4.69, 9.17) is 5.73 Å². The Hall–Kier alpha value is -0.0800. The topological polar surface area (TPSA) is 46.2 Å². The van der Waals surface area contributed by atoms with Gasteiger partial charge >= 0.3 is 0 Å². The smallest absolute Gasteiger partial charge is 0.0597 e. The highest BCUT2D eigenvalue weighted by Crippen LogP contribution is 2.25. The average molecular weight is 145 g/mol. The highest BCUT2D eigenvalue weighted by molar-refractivity contribution is 4.78. The molecule has 0 spiro atoms. The summed E-state index contributed by atoms with van der Waals surface area (Å²) in [7, 11) is 0. The third-order valence-electron chi connectivity index (χ3n) is 1.46. The van der Waals surface area contributed by atoms with Crippen molar-refractivity contribution in [3.05, 3.63) is 0 Å². The van der Waals surface area contributed by atoms with Crippen molar-refractivity contribution in [1.82, 2.24) is 0 Å². The zero-order valence-electron chi connectivity index (χ0n) is 7.44. The molecule has 0 saturated heterocycles. The van der Waals surface area contributed by atoms with Crippen molar-refractivity contribution >= 4 is 0 Å². The molecule has 0 saturated carbocycles. The summed E-state index contributed by atoms with van der Waals surface area (Å²) in [5.41, 5.74) is 4.96. The summed E-state index contributed by atoms with van der Waals surface area (Å²) < 4.78 is 0. The van der Waals surface area contributed by atoms with E-state index >= 15 is 0 Å². The van der Waals surface area contributed by atoms with Crippen LogP contribution in [0.4, 0.5) is 0 Å². The molecule has 10 heavy (non-hydrogen) atoms. The molecule has 3 N–H and O–H groups in total. The van der Waals surface area contributed by atoms with Gasteiger partial charge in [-0.15, -0.1) is 0 Å². The van der Waals surface area contributed by atoms with Crippen molar-refractivity contribution < 1.29 is 5.11 Å². The molecule has 0 aliphatic carbocycles. The van der Waals surface area contributed by atoms with Gasteiger partial charge in [0, 0.05) is 0 Å². The molecule has 0 aromatic heterocycles. The molecule has 0 amide bonds. The molecule has 0 bridgehead atoms. The molecule has 62 valence electrons. The molecule has 0 radical (unpaired) electrons. The Morgan fingerprint density at radius 1 is 1.20 bits per heavy atom. The van der Waals surface area contributed by atoms with E-state index in [2.05, 4.69) is 13.8 Å². The van der Waals surface area contributed by atoms with Crippen LogP contribution in [0.15, 0.2) is 0 Å². The zero-order valence-corrected chi connectivity index (χ0v) is 7.44. The molecule has 0 rings (SSSR count). The van der Waals surface area contributed by atoms with Gasteiger partial charge in [0.25, 0.3) is 0 Å². The van der Waals surface area contributed by atoms with Gasteiger partial charge < -0.3 is 10.8 Å². The van der Waals surface area contributed by atoms with Crippen LogP contribution in [-0.4, -0.2) is 17.3 Å². The minimum absolute atomic E-state index is 0.0538. The lowest BCUT2D eigenvalue weighted by molar-refractivity contribution is 0.0343. The summed E-state index contributed by atoms with van der Waals surface area (Å²) in [6.45, 7) is 8.36. The lowest BCUT2D eigenvalue weighted by Crippen LogP contribution is -2.33. The Labute approximate surface area is 63.4 Å². The highest BCUT2D eigenvalue weighted by atomic mass is 16.3. The number of nitrogens with two attached hydrogens (primary N) is 1. The van der Waals surface area contributed by atoms with Crippen LogP contribution >= 0.6 is 0 Å². The molecule has 0 aliphatic rings. The van der Waals surface area contributed by atoms with Crippen LogP contribution in [0.1, 0.15) is 34.1 Å². The maximum atomic E-state index is 9.43. The Bertz CT molecular complexity index is 102. The molecule has 0 fully saturated rings. The van der Waals surface area contributed by atoms with E-state index in [0.717, 1.165) is 6.42 Å². The first-order chi connectivity index (χ1) is 4.27. The number of hydrogen-bond acceptors (Lipinski definition) is 2. The zero-order chi connectivity index (χ0) is 8.41. The normalized spacial score (nSPS) is 13.8. The van der Waals surface area contributed by atoms with Gasteiger partial charge in [-0.2, -0.15) is 0 Å². The fraction of sp³-hybridized carbons (Fsp3) is 1.00. The lowest BCUT2D eigenvalue weighted by Gasteiger charge is -2.29. The molecule has 0 aromatic carbocycles. The largest absolute Gasteiger partial charge is 0.390 e. The van der Waals surface area contributed by atoms with Gasteiger partial charge in [0.15, 0.2) is 0 Å². The summed E-state index contributed by atoms with van der Waals surface area (Å²) in [5, 5.41) is 9.43. The second-order valence-electron chi connectivity index (χ2n) is 4.36. The third-order valence-corrected chi connectivity index (χ3v) is 1.46. The van der Waals surface area contributed by atoms with Gasteiger partial charge in [0.2, 0.25) is 0 Å².